The normalized spacial score (nSPS) is 11.0. The molecule has 8 heteroatoms. The van der Waals surface area contributed by atoms with E-state index in [9.17, 15) is 4.39 Å². The quantitative estimate of drug-likeness (QED) is 0.351. The molecule has 0 amide bonds. The van der Waals surface area contributed by atoms with Crippen LogP contribution in [0, 0.1) is 40.4 Å². The van der Waals surface area contributed by atoms with Crippen molar-refractivity contribution < 1.29 is 4.39 Å². The lowest BCUT2D eigenvalue weighted by molar-refractivity contribution is 0.579. The molecule has 4 aromatic rings. The van der Waals surface area contributed by atoms with Crippen LogP contribution in [0.25, 0.3) is 0 Å². The minimum atomic E-state index is -0.240. The molecular formula is C26H29FN6S. The van der Waals surface area contributed by atoms with Gasteiger partial charge in [-0.2, -0.15) is 10.2 Å². The van der Waals surface area contributed by atoms with Gasteiger partial charge in [0.25, 0.3) is 0 Å². The van der Waals surface area contributed by atoms with Gasteiger partial charge in [0.1, 0.15) is 5.82 Å². The first-order valence-corrected chi connectivity index (χ1v) is 11.6. The summed E-state index contributed by atoms with van der Waals surface area (Å²) < 4.78 is 17.9. The van der Waals surface area contributed by atoms with Crippen LogP contribution in [0.3, 0.4) is 0 Å². The second-order valence-electron chi connectivity index (χ2n) is 8.56. The fourth-order valence-electron chi connectivity index (χ4n) is 3.98. The molecule has 0 saturated carbocycles. The van der Waals surface area contributed by atoms with Crippen molar-refractivity contribution in [2.24, 2.45) is 0 Å². The summed E-state index contributed by atoms with van der Waals surface area (Å²) in [5.74, 6) is -0.240. The molecule has 4 rings (SSSR count). The Morgan fingerprint density at radius 2 is 1.32 bits per heavy atom. The monoisotopic (exact) mass is 476 g/mol. The van der Waals surface area contributed by atoms with Crippen molar-refractivity contribution in [3.05, 3.63) is 93.8 Å². The Labute approximate surface area is 204 Å². The molecule has 0 unspecified atom stereocenters. The molecule has 0 saturated heterocycles. The van der Waals surface area contributed by atoms with Crippen LogP contribution >= 0.6 is 12.2 Å². The molecule has 6 nitrogen and oxygen atoms in total. The molecule has 0 aliphatic rings. The maximum atomic E-state index is 14.1. The van der Waals surface area contributed by atoms with Crippen molar-refractivity contribution in [2.75, 3.05) is 10.6 Å². The predicted octanol–water partition coefficient (Wildman–Crippen LogP) is 5.67. The van der Waals surface area contributed by atoms with Crippen LogP contribution in [0.2, 0.25) is 0 Å². The van der Waals surface area contributed by atoms with Gasteiger partial charge in [-0.3, -0.25) is 9.36 Å². The van der Waals surface area contributed by atoms with Crippen molar-refractivity contribution in [2.45, 2.75) is 47.7 Å². The lowest BCUT2D eigenvalue weighted by atomic mass is 10.1. The van der Waals surface area contributed by atoms with Crippen LogP contribution in [-0.4, -0.2) is 24.7 Å². The van der Waals surface area contributed by atoms with Gasteiger partial charge in [-0.1, -0.05) is 48.0 Å². The Morgan fingerprint density at radius 3 is 1.88 bits per heavy atom. The fraction of sp³-hybridized carbons (Fsp3) is 0.269. The summed E-state index contributed by atoms with van der Waals surface area (Å²) in [5.41, 5.74) is 8.27. The lowest BCUT2D eigenvalue weighted by Gasteiger charge is -2.12. The van der Waals surface area contributed by atoms with Gasteiger partial charge < -0.3 is 10.6 Å². The standard InChI is InChI=1S/C26H29FN6S/c1-16-10-12-21(13-11-16)14-32-19(4)24(17(2)30-32)28-26(34)29-25-18(3)31-33(20(25)5)15-22-8-6-7-9-23(22)27/h6-13H,14-15H2,1-5H3,(H2,28,29,34). The van der Waals surface area contributed by atoms with Crippen LogP contribution in [0.4, 0.5) is 15.8 Å². The maximum absolute atomic E-state index is 14.1. The van der Waals surface area contributed by atoms with Gasteiger partial charge >= 0.3 is 0 Å². The molecule has 0 aliphatic carbocycles. The van der Waals surface area contributed by atoms with Crippen molar-refractivity contribution in [3.63, 3.8) is 0 Å². The molecule has 0 fully saturated rings. The topological polar surface area (TPSA) is 59.7 Å². The van der Waals surface area contributed by atoms with Gasteiger partial charge in [0.15, 0.2) is 5.11 Å². The van der Waals surface area contributed by atoms with E-state index in [0.29, 0.717) is 23.8 Å². The van der Waals surface area contributed by atoms with E-state index in [4.69, 9.17) is 17.3 Å². The van der Waals surface area contributed by atoms with E-state index in [-0.39, 0.29) is 5.82 Å². The summed E-state index contributed by atoms with van der Waals surface area (Å²) in [4.78, 5) is 0. The van der Waals surface area contributed by atoms with E-state index in [1.54, 1.807) is 16.8 Å². The van der Waals surface area contributed by atoms with Crippen molar-refractivity contribution in [1.82, 2.24) is 19.6 Å². The molecule has 0 aliphatic heterocycles. The predicted molar refractivity (Wildman–Crippen MR) is 139 cm³/mol. The van der Waals surface area contributed by atoms with Crippen LogP contribution in [-0.2, 0) is 13.1 Å². The molecule has 0 radical (unpaired) electrons. The molecule has 34 heavy (non-hydrogen) atoms. The highest BCUT2D eigenvalue weighted by molar-refractivity contribution is 7.80. The lowest BCUT2D eigenvalue weighted by Crippen LogP contribution is -2.21. The Hall–Kier alpha value is -3.52. The third-order valence-corrected chi connectivity index (χ3v) is 6.18. The van der Waals surface area contributed by atoms with Gasteiger partial charge in [0.05, 0.1) is 47.2 Å². The number of hydrogen-bond donors (Lipinski definition) is 2. The van der Waals surface area contributed by atoms with E-state index in [1.165, 1.54) is 17.2 Å². The molecular weight excluding hydrogens is 447 g/mol. The summed E-state index contributed by atoms with van der Waals surface area (Å²) in [6.07, 6.45) is 0. The Balaban J connectivity index is 1.48. The van der Waals surface area contributed by atoms with E-state index >= 15 is 0 Å². The zero-order chi connectivity index (χ0) is 24.4. The zero-order valence-electron chi connectivity index (χ0n) is 20.1. The second-order valence-corrected chi connectivity index (χ2v) is 8.97. The number of benzene rings is 2. The number of aromatic nitrogens is 4. The first-order chi connectivity index (χ1) is 16.2. The van der Waals surface area contributed by atoms with E-state index < -0.39 is 0 Å². The third kappa shape index (κ3) is 5.02. The van der Waals surface area contributed by atoms with Crippen LogP contribution in [0.1, 0.15) is 39.5 Å². The van der Waals surface area contributed by atoms with Gasteiger partial charge in [-0.05, 0) is 58.5 Å². The number of hydrogen-bond acceptors (Lipinski definition) is 3. The molecule has 0 bridgehead atoms. The number of halogens is 1. The summed E-state index contributed by atoms with van der Waals surface area (Å²) >= 11 is 5.61. The van der Waals surface area contributed by atoms with Crippen LogP contribution in [0.5, 0.6) is 0 Å². The van der Waals surface area contributed by atoms with Gasteiger partial charge in [0.2, 0.25) is 0 Å². The van der Waals surface area contributed by atoms with Crippen LogP contribution < -0.4 is 10.6 Å². The number of nitrogens with zero attached hydrogens (tertiary/aromatic N) is 4. The Bertz CT molecular complexity index is 1340. The van der Waals surface area contributed by atoms with Crippen molar-refractivity contribution >= 4 is 28.7 Å². The summed E-state index contributed by atoms with van der Waals surface area (Å²) in [7, 11) is 0. The molecule has 2 aromatic heterocycles. The Kier molecular flexibility index (Phi) is 6.79. The van der Waals surface area contributed by atoms with Crippen LogP contribution in [0.15, 0.2) is 48.5 Å². The number of anilines is 2. The average Bonchev–Trinajstić information content (AvgIpc) is 3.21. The minimum Gasteiger partial charge on any atom is -0.329 e. The highest BCUT2D eigenvalue weighted by Gasteiger charge is 2.17. The molecule has 2 N–H and O–H groups in total. The number of nitrogens with one attached hydrogen (secondary N) is 2. The summed E-state index contributed by atoms with van der Waals surface area (Å²) in [6, 6.07) is 15.2. The first-order valence-electron chi connectivity index (χ1n) is 11.2. The number of aryl methyl sites for hydroxylation is 3. The highest BCUT2D eigenvalue weighted by atomic mass is 32.1. The first kappa shape index (κ1) is 23.6. The van der Waals surface area contributed by atoms with E-state index in [2.05, 4.69) is 46.9 Å². The van der Waals surface area contributed by atoms with Crippen molar-refractivity contribution in [3.8, 4) is 0 Å². The van der Waals surface area contributed by atoms with E-state index in [1.807, 2.05) is 38.4 Å². The molecule has 176 valence electrons. The van der Waals surface area contributed by atoms with Gasteiger partial charge in [-0.15, -0.1) is 0 Å². The van der Waals surface area contributed by atoms with E-state index in [0.717, 1.165) is 34.2 Å². The smallest absolute Gasteiger partial charge is 0.175 e. The molecule has 0 spiro atoms. The largest absolute Gasteiger partial charge is 0.329 e. The van der Waals surface area contributed by atoms with Gasteiger partial charge in [-0.25, -0.2) is 4.39 Å². The summed E-state index contributed by atoms with van der Waals surface area (Å²) in [6.45, 7) is 11.0. The Morgan fingerprint density at radius 1 is 0.794 bits per heavy atom. The second kappa shape index (κ2) is 9.77. The minimum absolute atomic E-state index is 0.240. The zero-order valence-corrected chi connectivity index (χ0v) is 20.9. The third-order valence-electron chi connectivity index (χ3n) is 5.97. The highest BCUT2D eigenvalue weighted by Crippen LogP contribution is 2.24. The van der Waals surface area contributed by atoms with Crippen molar-refractivity contribution in [1.29, 1.82) is 0 Å². The fourth-order valence-corrected chi connectivity index (χ4v) is 4.18. The number of rotatable bonds is 6. The maximum Gasteiger partial charge on any atom is 0.175 e. The van der Waals surface area contributed by atoms with Gasteiger partial charge in [0, 0.05) is 5.56 Å². The molecule has 2 heterocycles. The summed E-state index contributed by atoms with van der Waals surface area (Å²) in [5, 5.41) is 16.3. The number of thiocarbonyl (C=S) groups is 1. The molecule has 2 aromatic carbocycles. The average molecular weight is 477 g/mol. The molecule has 0 atom stereocenters. The SMILES string of the molecule is Cc1ccc(Cn2nc(C)c(NC(=S)Nc3c(C)nn(Cc4ccccc4F)c3C)c2C)cc1.